The van der Waals surface area contributed by atoms with E-state index in [0.717, 1.165) is 30.6 Å². The van der Waals surface area contributed by atoms with E-state index in [0.29, 0.717) is 12.1 Å². The minimum Gasteiger partial charge on any atom is -0.361 e. The SMILES string of the molecule is Cc1cc(C2CCCN2C(=O)c2ccc(S(C)(=O)=O)cc2)no1. The maximum atomic E-state index is 12.7. The van der Waals surface area contributed by atoms with Gasteiger partial charge in [-0.15, -0.1) is 0 Å². The van der Waals surface area contributed by atoms with Crippen molar-refractivity contribution in [3.8, 4) is 0 Å². The molecule has 0 radical (unpaired) electrons. The fraction of sp³-hybridized carbons (Fsp3) is 0.375. The van der Waals surface area contributed by atoms with Crippen LogP contribution in [0.5, 0.6) is 0 Å². The summed E-state index contributed by atoms with van der Waals surface area (Å²) in [4.78, 5) is 14.7. The fourth-order valence-electron chi connectivity index (χ4n) is 2.87. The molecule has 0 aliphatic carbocycles. The lowest BCUT2D eigenvalue weighted by Crippen LogP contribution is -2.30. The number of sulfone groups is 1. The van der Waals surface area contributed by atoms with Crippen molar-refractivity contribution in [3.05, 3.63) is 47.3 Å². The van der Waals surface area contributed by atoms with E-state index < -0.39 is 9.84 Å². The van der Waals surface area contributed by atoms with Crippen molar-refractivity contribution in [2.45, 2.75) is 30.7 Å². The molecule has 0 saturated carbocycles. The third-order valence-corrected chi connectivity index (χ3v) is 5.16. The van der Waals surface area contributed by atoms with Crippen LogP contribution in [0.15, 0.2) is 39.8 Å². The number of benzene rings is 1. The van der Waals surface area contributed by atoms with Crippen LogP contribution in [0.25, 0.3) is 0 Å². The molecule has 1 atom stereocenters. The van der Waals surface area contributed by atoms with Gasteiger partial charge in [0.25, 0.3) is 5.91 Å². The Hall–Kier alpha value is -2.15. The normalized spacial score (nSPS) is 18.3. The highest BCUT2D eigenvalue weighted by atomic mass is 32.2. The van der Waals surface area contributed by atoms with E-state index in [1.807, 2.05) is 13.0 Å². The van der Waals surface area contributed by atoms with E-state index in [9.17, 15) is 13.2 Å². The van der Waals surface area contributed by atoms with E-state index in [4.69, 9.17) is 4.52 Å². The van der Waals surface area contributed by atoms with Crippen molar-refractivity contribution < 1.29 is 17.7 Å². The van der Waals surface area contributed by atoms with E-state index in [1.54, 1.807) is 17.0 Å². The first-order valence-corrected chi connectivity index (χ1v) is 9.30. The minimum absolute atomic E-state index is 0.0884. The average Bonchev–Trinajstić information content (AvgIpc) is 3.14. The Bertz CT molecular complexity index is 824. The van der Waals surface area contributed by atoms with E-state index in [1.165, 1.54) is 12.1 Å². The summed E-state index contributed by atoms with van der Waals surface area (Å²) in [6, 6.07) is 7.81. The summed E-state index contributed by atoms with van der Waals surface area (Å²) in [5.74, 6) is 0.602. The highest BCUT2D eigenvalue weighted by Crippen LogP contribution is 2.32. The van der Waals surface area contributed by atoms with Crippen LogP contribution in [-0.2, 0) is 9.84 Å². The number of hydrogen-bond donors (Lipinski definition) is 0. The van der Waals surface area contributed by atoms with Gasteiger partial charge in [0.1, 0.15) is 11.5 Å². The van der Waals surface area contributed by atoms with Crippen LogP contribution in [0.1, 0.15) is 40.7 Å². The van der Waals surface area contributed by atoms with Gasteiger partial charge in [0.05, 0.1) is 10.9 Å². The van der Waals surface area contributed by atoms with Crippen LogP contribution < -0.4 is 0 Å². The maximum Gasteiger partial charge on any atom is 0.254 e. The Labute approximate surface area is 135 Å². The standard InChI is InChI=1S/C16H18N2O4S/c1-11-10-14(17-22-11)15-4-3-9-18(15)16(19)12-5-7-13(8-6-12)23(2,20)21/h5-8,10,15H,3-4,9H2,1-2H3. The highest BCUT2D eigenvalue weighted by molar-refractivity contribution is 7.90. The van der Waals surface area contributed by atoms with Crippen molar-refractivity contribution in [1.82, 2.24) is 10.1 Å². The first-order chi connectivity index (χ1) is 10.9. The van der Waals surface area contributed by atoms with Crippen molar-refractivity contribution in [2.24, 2.45) is 0 Å². The third kappa shape index (κ3) is 3.14. The van der Waals surface area contributed by atoms with Crippen LogP contribution in [0.3, 0.4) is 0 Å². The number of hydrogen-bond acceptors (Lipinski definition) is 5. The van der Waals surface area contributed by atoms with Gasteiger partial charge in [0.15, 0.2) is 9.84 Å². The van der Waals surface area contributed by atoms with Gasteiger partial charge in [-0.2, -0.15) is 0 Å². The van der Waals surface area contributed by atoms with Crippen molar-refractivity contribution in [1.29, 1.82) is 0 Å². The Kier molecular flexibility index (Phi) is 3.97. The smallest absolute Gasteiger partial charge is 0.254 e. The van der Waals surface area contributed by atoms with Gasteiger partial charge in [-0.3, -0.25) is 4.79 Å². The second kappa shape index (κ2) is 5.81. The predicted molar refractivity (Wildman–Crippen MR) is 83.8 cm³/mol. The molecule has 7 heteroatoms. The average molecular weight is 334 g/mol. The van der Waals surface area contributed by atoms with Crippen LogP contribution in [-0.4, -0.2) is 37.2 Å². The Morgan fingerprint density at radius 1 is 1.30 bits per heavy atom. The lowest BCUT2D eigenvalue weighted by Gasteiger charge is -2.23. The minimum atomic E-state index is -3.26. The predicted octanol–water partition coefficient (Wildman–Crippen LogP) is 2.36. The highest BCUT2D eigenvalue weighted by Gasteiger charge is 2.32. The van der Waals surface area contributed by atoms with E-state index in [-0.39, 0.29) is 16.8 Å². The van der Waals surface area contributed by atoms with Gasteiger partial charge >= 0.3 is 0 Å². The quantitative estimate of drug-likeness (QED) is 0.861. The summed E-state index contributed by atoms with van der Waals surface area (Å²) < 4.78 is 28.1. The van der Waals surface area contributed by atoms with Crippen LogP contribution in [0.4, 0.5) is 0 Å². The molecule has 1 aromatic carbocycles. The van der Waals surface area contributed by atoms with E-state index >= 15 is 0 Å². The van der Waals surface area contributed by atoms with Gasteiger partial charge in [-0.25, -0.2) is 8.42 Å². The van der Waals surface area contributed by atoms with Crippen molar-refractivity contribution >= 4 is 15.7 Å². The molecule has 1 amide bonds. The molecule has 2 heterocycles. The summed E-state index contributed by atoms with van der Waals surface area (Å²) in [5.41, 5.74) is 1.24. The van der Waals surface area contributed by atoms with Gasteiger partial charge in [0, 0.05) is 24.4 Å². The zero-order valence-corrected chi connectivity index (χ0v) is 13.8. The molecule has 1 fully saturated rings. The van der Waals surface area contributed by atoms with Crippen LogP contribution >= 0.6 is 0 Å². The number of likely N-dealkylation sites (tertiary alicyclic amines) is 1. The molecule has 3 rings (SSSR count). The zero-order valence-electron chi connectivity index (χ0n) is 13.0. The lowest BCUT2D eigenvalue weighted by atomic mass is 10.1. The van der Waals surface area contributed by atoms with Gasteiger partial charge in [-0.05, 0) is 44.0 Å². The second-order valence-electron chi connectivity index (χ2n) is 5.82. The Morgan fingerprint density at radius 3 is 2.57 bits per heavy atom. The van der Waals surface area contributed by atoms with Gasteiger partial charge in [-0.1, -0.05) is 5.16 Å². The first kappa shape index (κ1) is 15.7. The molecule has 23 heavy (non-hydrogen) atoms. The number of carbonyl (C=O) groups is 1. The van der Waals surface area contributed by atoms with Crippen molar-refractivity contribution in [3.63, 3.8) is 0 Å². The topological polar surface area (TPSA) is 80.5 Å². The molecule has 0 bridgehead atoms. The zero-order chi connectivity index (χ0) is 16.6. The molecule has 2 aromatic rings. The number of nitrogens with zero attached hydrogens (tertiary/aromatic N) is 2. The molecule has 1 aromatic heterocycles. The number of rotatable bonds is 3. The Balaban J connectivity index is 1.84. The molecule has 6 nitrogen and oxygen atoms in total. The number of amides is 1. The summed E-state index contributed by atoms with van der Waals surface area (Å²) in [5, 5.41) is 4.02. The summed E-state index contributed by atoms with van der Waals surface area (Å²) in [7, 11) is -3.26. The fourth-order valence-corrected chi connectivity index (χ4v) is 3.50. The first-order valence-electron chi connectivity index (χ1n) is 7.40. The van der Waals surface area contributed by atoms with Gasteiger partial charge in [0.2, 0.25) is 0 Å². The van der Waals surface area contributed by atoms with Crippen LogP contribution in [0, 0.1) is 6.92 Å². The summed E-state index contributed by atoms with van der Waals surface area (Å²) in [6.45, 7) is 2.48. The molecular formula is C16H18N2O4S. The number of aryl methyl sites for hydroxylation is 1. The molecule has 1 saturated heterocycles. The second-order valence-corrected chi connectivity index (χ2v) is 7.83. The number of carbonyl (C=O) groups excluding carboxylic acids is 1. The molecule has 1 unspecified atom stereocenters. The monoisotopic (exact) mass is 334 g/mol. The molecule has 1 aliphatic heterocycles. The molecule has 0 N–H and O–H groups in total. The molecular weight excluding hydrogens is 316 g/mol. The maximum absolute atomic E-state index is 12.7. The Morgan fingerprint density at radius 2 is 2.00 bits per heavy atom. The third-order valence-electron chi connectivity index (χ3n) is 4.03. The molecule has 1 aliphatic rings. The number of aromatic nitrogens is 1. The van der Waals surface area contributed by atoms with Crippen LogP contribution in [0.2, 0.25) is 0 Å². The molecule has 0 spiro atoms. The molecule has 122 valence electrons. The largest absolute Gasteiger partial charge is 0.361 e. The summed E-state index contributed by atoms with van der Waals surface area (Å²) in [6.07, 6.45) is 2.90. The van der Waals surface area contributed by atoms with Gasteiger partial charge < -0.3 is 9.42 Å². The van der Waals surface area contributed by atoms with Crippen molar-refractivity contribution in [2.75, 3.05) is 12.8 Å². The van der Waals surface area contributed by atoms with E-state index in [2.05, 4.69) is 5.16 Å². The summed E-state index contributed by atoms with van der Waals surface area (Å²) >= 11 is 0. The lowest BCUT2D eigenvalue weighted by molar-refractivity contribution is 0.0730.